The number of carbonyl (C=O) groups excluding carboxylic acids is 1. The Morgan fingerprint density at radius 3 is 2.75 bits per heavy atom. The highest BCUT2D eigenvalue weighted by Gasteiger charge is 2.30. The van der Waals surface area contributed by atoms with Crippen LogP contribution in [0.5, 0.6) is 0 Å². The van der Waals surface area contributed by atoms with E-state index in [1.54, 1.807) is 0 Å². The van der Waals surface area contributed by atoms with E-state index in [9.17, 15) is 4.79 Å². The van der Waals surface area contributed by atoms with Crippen LogP contribution >= 0.6 is 0 Å². The molecule has 1 aromatic carbocycles. The molecule has 1 saturated heterocycles. The lowest BCUT2D eigenvalue weighted by molar-refractivity contribution is -0.129. The molecule has 1 fully saturated rings. The molecular weight excluding hydrogens is 250 g/mol. The molecule has 4 heteroatoms. The minimum absolute atomic E-state index is 0.0616. The first kappa shape index (κ1) is 15.0. The van der Waals surface area contributed by atoms with Gasteiger partial charge in [-0.15, -0.1) is 0 Å². The number of hydrogen-bond acceptors (Lipinski definition) is 3. The van der Waals surface area contributed by atoms with Crippen molar-refractivity contribution < 1.29 is 4.79 Å². The lowest BCUT2D eigenvalue weighted by atomic mass is 9.92. The highest BCUT2D eigenvalue weighted by molar-refractivity contribution is 5.82. The quantitative estimate of drug-likeness (QED) is 0.853. The number of likely N-dealkylation sites (tertiary alicyclic amines) is 1. The van der Waals surface area contributed by atoms with E-state index in [0.717, 1.165) is 26.1 Å². The average Bonchev–Trinajstić information content (AvgIpc) is 2.87. The highest BCUT2D eigenvalue weighted by Crippen LogP contribution is 2.17. The monoisotopic (exact) mass is 275 g/mol. The van der Waals surface area contributed by atoms with Gasteiger partial charge >= 0.3 is 0 Å². The van der Waals surface area contributed by atoms with E-state index in [1.807, 2.05) is 19.9 Å². The molecule has 3 N–H and O–H groups in total. The van der Waals surface area contributed by atoms with Crippen molar-refractivity contribution >= 4 is 5.91 Å². The fraction of sp³-hybridized carbons (Fsp3) is 0.562. The fourth-order valence-electron chi connectivity index (χ4n) is 2.41. The molecule has 1 aliphatic heterocycles. The van der Waals surface area contributed by atoms with Crippen LogP contribution in [0.1, 0.15) is 25.8 Å². The van der Waals surface area contributed by atoms with Crippen LogP contribution in [-0.4, -0.2) is 36.5 Å². The molecule has 2 rings (SSSR count). The van der Waals surface area contributed by atoms with Gasteiger partial charge in [0.25, 0.3) is 0 Å². The van der Waals surface area contributed by atoms with Gasteiger partial charge in [0.15, 0.2) is 0 Å². The van der Waals surface area contributed by atoms with Crippen molar-refractivity contribution in [2.75, 3.05) is 19.6 Å². The second kappa shape index (κ2) is 6.37. The molecule has 0 aliphatic carbocycles. The largest absolute Gasteiger partial charge is 0.352 e. The summed E-state index contributed by atoms with van der Waals surface area (Å²) in [5, 5.41) is 3.13. The van der Waals surface area contributed by atoms with Crippen LogP contribution < -0.4 is 11.1 Å². The molecule has 1 aromatic rings. The van der Waals surface area contributed by atoms with Gasteiger partial charge in [-0.1, -0.05) is 30.3 Å². The predicted octanol–water partition coefficient (Wildman–Crippen LogP) is 1.36. The number of amides is 1. The summed E-state index contributed by atoms with van der Waals surface area (Å²) < 4.78 is 0. The molecule has 1 heterocycles. The molecule has 1 aliphatic rings. The topological polar surface area (TPSA) is 58.4 Å². The van der Waals surface area contributed by atoms with Crippen LogP contribution in [0.3, 0.4) is 0 Å². The van der Waals surface area contributed by atoms with Crippen molar-refractivity contribution in [3.8, 4) is 0 Å². The van der Waals surface area contributed by atoms with E-state index >= 15 is 0 Å². The molecule has 110 valence electrons. The summed E-state index contributed by atoms with van der Waals surface area (Å²) in [6, 6.07) is 10.7. The predicted molar refractivity (Wildman–Crippen MR) is 81.1 cm³/mol. The van der Waals surface area contributed by atoms with Gasteiger partial charge in [0.1, 0.15) is 0 Å². The number of carbonyl (C=O) groups is 1. The number of nitrogens with zero attached hydrogens (tertiary/aromatic N) is 1. The van der Waals surface area contributed by atoms with Crippen molar-refractivity contribution in [1.29, 1.82) is 0 Å². The highest BCUT2D eigenvalue weighted by atomic mass is 16.2. The lowest BCUT2D eigenvalue weighted by Crippen LogP contribution is -2.46. The Hall–Kier alpha value is -1.39. The summed E-state index contributed by atoms with van der Waals surface area (Å²) in [7, 11) is 0. The molecular formula is C16H25N3O. The van der Waals surface area contributed by atoms with Gasteiger partial charge in [0, 0.05) is 32.2 Å². The lowest BCUT2D eigenvalue weighted by Gasteiger charge is -2.24. The second-order valence-corrected chi connectivity index (χ2v) is 6.27. The first-order chi connectivity index (χ1) is 9.51. The molecule has 4 nitrogen and oxygen atoms in total. The number of rotatable bonds is 5. The van der Waals surface area contributed by atoms with Crippen LogP contribution in [0, 0.1) is 5.41 Å². The summed E-state index contributed by atoms with van der Waals surface area (Å²) in [5.41, 5.74) is 6.48. The van der Waals surface area contributed by atoms with Gasteiger partial charge in [0.05, 0.1) is 5.41 Å². The van der Waals surface area contributed by atoms with E-state index in [4.69, 9.17) is 5.73 Å². The minimum atomic E-state index is -0.479. The van der Waals surface area contributed by atoms with Crippen molar-refractivity contribution in [2.45, 2.75) is 32.9 Å². The first-order valence-electron chi connectivity index (χ1n) is 7.28. The van der Waals surface area contributed by atoms with Crippen molar-refractivity contribution in [2.24, 2.45) is 11.1 Å². The molecule has 0 radical (unpaired) electrons. The third kappa shape index (κ3) is 3.81. The van der Waals surface area contributed by atoms with Crippen molar-refractivity contribution in [1.82, 2.24) is 10.2 Å². The Labute approximate surface area is 121 Å². The molecule has 0 saturated carbocycles. The zero-order chi connectivity index (χ0) is 14.6. The van der Waals surface area contributed by atoms with Crippen LogP contribution in [0.25, 0.3) is 0 Å². The van der Waals surface area contributed by atoms with Crippen molar-refractivity contribution in [3.63, 3.8) is 0 Å². The Kier molecular flexibility index (Phi) is 4.78. The van der Waals surface area contributed by atoms with Crippen LogP contribution in [-0.2, 0) is 11.3 Å². The molecule has 1 amide bonds. The summed E-state index contributed by atoms with van der Waals surface area (Å²) in [5.74, 6) is 0.0616. The Morgan fingerprint density at radius 2 is 2.10 bits per heavy atom. The fourth-order valence-corrected chi connectivity index (χ4v) is 2.41. The molecule has 1 atom stereocenters. The normalized spacial score (nSPS) is 20.1. The summed E-state index contributed by atoms with van der Waals surface area (Å²) >= 11 is 0. The smallest absolute Gasteiger partial charge is 0.227 e. The Bertz CT molecular complexity index is 444. The number of nitrogens with one attached hydrogen (secondary N) is 1. The van der Waals surface area contributed by atoms with Gasteiger partial charge in [-0.25, -0.2) is 0 Å². The number of nitrogens with two attached hydrogens (primary N) is 1. The first-order valence-corrected chi connectivity index (χ1v) is 7.28. The molecule has 0 aromatic heterocycles. The van der Waals surface area contributed by atoms with Gasteiger partial charge < -0.3 is 11.1 Å². The van der Waals surface area contributed by atoms with E-state index in [2.05, 4.69) is 34.5 Å². The van der Waals surface area contributed by atoms with Gasteiger partial charge in [0.2, 0.25) is 5.91 Å². The van der Waals surface area contributed by atoms with E-state index in [0.29, 0.717) is 6.54 Å². The zero-order valence-electron chi connectivity index (χ0n) is 12.4. The minimum Gasteiger partial charge on any atom is -0.352 e. The molecule has 1 unspecified atom stereocenters. The average molecular weight is 275 g/mol. The zero-order valence-corrected chi connectivity index (χ0v) is 12.4. The third-order valence-electron chi connectivity index (χ3n) is 3.98. The number of hydrogen-bond donors (Lipinski definition) is 2. The van der Waals surface area contributed by atoms with E-state index in [1.165, 1.54) is 5.56 Å². The second-order valence-electron chi connectivity index (χ2n) is 6.27. The standard InChI is InChI=1S/C16H25N3O/c1-16(2,12-17)15(20)18-14-8-9-19(11-14)10-13-6-4-3-5-7-13/h3-7,14H,8-12,17H2,1-2H3,(H,18,20). The Balaban J connectivity index is 1.82. The SMILES string of the molecule is CC(C)(CN)C(=O)NC1CCN(Cc2ccccc2)C1. The van der Waals surface area contributed by atoms with Crippen LogP contribution in [0.15, 0.2) is 30.3 Å². The molecule has 0 bridgehead atoms. The van der Waals surface area contributed by atoms with Crippen LogP contribution in [0.2, 0.25) is 0 Å². The maximum Gasteiger partial charge on any atom is 0.227 e. The third-order valence-corrected chi connectivity index (χ3v) is 3.98. The summed E-state index contributed by atoms with van der Waals surface area (Å²) in [6.45, 7) is 7.05. The maximum atomic E-state index is 12.1. The summed E-state index contributed by atoms with van der Waals surface area (Å²) in [6.07, 6.45) is 1.01. The maximum absolute atomic E-state index is 12.1. The summed E-state index contributed by atoms with van der Waals surface area (Å²) in [4.78, 5) is 14.5. The van der Waals surface area contributed by atoms with E-state index < -0.39 is 5.41 Å². The molecule has 20 heavy (non-hydrogen) atoms. The van der Waals surface area contributed by atoms with Crippen LogP contribution in [0.4, 0.5) is 0 Å². The van der Waals surface area contributed by atoms with Gasteiger partial charge in [-0.3, -0.25) is 9.69 Å². The van der Waals surface area contributed by atoms with Gasteiger partial charge in [-0.2, -0.15) is 0 Å². The van der Waals surface area contributed by atoms with E-state index in [-0.39, 0.29) is 11.9 Å². The van der Waals surface area contributed by atoms with Gasteiger partial charge in [-0.05, 0) is 25.8 Å². The number of benzene rings is 1. The van der Waals surface area contributed by atoms with Crippen molar-refractivity contribution in [3.05, 3.63) is 35.9 Å². The molecule has 0 spiro atoms. The Morgan fingerprint density at radius 1 is 1.40 bits per heavy atom.